The quantitative estimate of drug-likeness (QED) is 0.828. The molecule has 3 rings (SSSR count). The van der Waals surface area contributed by atoms with Crippen molar-refractivity contribution in [1.82, 2.24) is 15.1 Å². The number of hydrogen-bond donors (Lipinski definition) is 1. The second-order valence-corrected chi connectivity index (χ2v) is 6.68. The maximum absolute atomic E-state index is 12.7. The lowest BCUT2D eigenvalue weighted by Gasteiger charge is -2.40. The van der Waals surface area contributed by atoms with E-state index in [0.717, 1.165) is 0 Å². The summed E-state index contributed by atoms with van der Waals surface area (Å²) in [5.74, 6) is -0.670. The lowest BCUT2D eigenvalue weighted by molar-refractivity contribution is -0.275. The van der Waals surface area contributed by atoms with Gasteiger partial charge < -0.3 is 14.5 Å². The van der Waals surface area contributed by atoms with Crippen LogP contribution in [0.5, 0.6) is 5.75 Å². The summed E-state index contributed by atoms with van der Waals surface area (Å²) in [6.45, 7) is 1.96. The Hall–Kier alpha value is -2.75. The van der Waals surface area contributed by atoms with E-state index in [1.807, 2.05) is 0 Å². The predicted molar refractivity (Wildman–Crippen MR) is 95.2 cm³/mol. The van der Waals surface area contributed by atoms with Crippen LogP contribution in [0, 0.1) is 0 Å². The number of alkyl halides is 3. The minimum absolute atomic E-state index is 0.0402. The van der Waals surface area contributed by atoms with E-state index in [9.17, 15) is 22.8 Å². The van der Waals surface area contributed by atoms with Gasteiger partial charge in [0.15, 0.2) is 0 Å². The third-order valence-electron chi connectivity index (χ3n) is 4.32. The number of para-hydroxylation sites is 1. The number of nitrogens with zero attached hydrogens (tertiary/aromatic N) is 3. The summed E-state index contributed by atoms with van der Waals surface area (Å²) in [4.78, 5) is 27.4. The van der Waals surface area contributed by atoms with Crippen LogP contribution in [0.3, 0.4) is 0 Å². The summed E-state index contributed by atoms with van der Waals surface area (Å²) < 4.78 is 41.9. The molecule has 7 nitrogen and oxygen atoms in total. The number of carbonyl (C=O) groups excluding carboxylic acids is 1. The number of anilines is 1. The monoisotopic (exact) mass is 416 g/mol. The first-order valence-corrected chi connectivity index (χ1v) is 8.65. The first-order chi connectivity index (χ1) is 13.2. The fourth-order valence-corrected chi connectivity index (χ4v) is 3.26. The van der Waals surface area contributed by atoms with Gasteiger partial charge in [-0.2, -0.15) is 5.10 Å². The summed E-state index contributed by atoms with van der Waals surface area (Å²) in [5, 5.41) is 5.82. The van der Waals surface area contributed by atoms with Gasteiger partial charge in [-0.3, -0.25) is 9.59 Å². The third-order valence-corrected chi connectivity index (χ3v) is 4.69. The molecule has 11 heteroatoms. The van der Waals surface area contributed by atoms with Gasteiger partial charge in [0.05, 0.1) is 18.4 Å². The molecule has 1 atom stereocenters. The molecule has 2 aromatic rings. The van der Waals surface area contributed by atoms with Gasteiger partial charge in [-0.25, -0.2) is 5.10 Å². The van der Waals surface area contributed by atoms with E-state index >= 15 is 0 Å². The first-order valence-electron chi connectivity index (χ1n) is 8.27. The van der Waals surface area contributed by atoms with E-state index in [2.05, 4.69) is 14.9 Å². The van der Waals surface area contributed by atoms with Gasteiger partial charge in [0.25, 0.3) is 5.56 Å². The minimum Gasteiger partial charge on any atom is -0.405 e. The number of H-pyrrole nitrogens is 1. The summed E-state index contributed by atoms with van der Waals surface area (Å²) in [5.41, 5.74) is -0.00433. The Balaban J connectivity index is 1.79. The molecule has 1 aliphatic rings. The van der Waals surface area contributed by atoms with Crippen molar-refractivity contribution in [2.75, 3.05) is 18.0 Å². The molecule has 1 aromatic carbocycles. The Morgan fingerprint density at radius 1 is 1.32 bits per heavy atom. The number of rotatable bonds is 4. The molecule has 1 aromatic heterocycles. The molecule has 1 unspecified atom stereocenters. The molecule has 0 spiro atoms. The van der Waals surface area contributed by atoms with Gasteiger partial charge in [-0.15, -0.1) is 13.2 Å². The third kappa shape index (κ3) is 4.38. The molecule has 1 aliphatic heterocycles. The van der Waals surface area contributed by atoms with Gasteiger partial charge in [0.1, 0.15) is 10.8 Å². The molecule has 1 amide bonds. The molecular formula is C17H16ClF3N4O3. The molecule has 1 fully saturated rings. The molecule has 0 aliphatic carbocycles. The van der Waals surface area contributed by atoms with Crippen LogP contribution >= 0.6 is 11.6 Å². The number of amides is 1. The fourth-order valence-electron chi connectivity index (χ4n) is 3.05. The minimum atomic E-state index is -4.82. The number of benzene rings is 1. The standard InChI is InChI=1S/C17H16ClF3N4O3/c1-10-7-24(12-6-22-23-16(27)15(12)18)9-14(26)25(10)8-11-4-2-3-5-13(11)28-17(19,20)21/h2-6,10H,7-9H2,1H3,(H,23,27). The van der Waals surface area contributed by atoms with Gasteiger partial charge in [0.2, 0.25) is 5.91 Å². The lowest BCUT2D eigenvalue weighted by atomic mass is 10.1. The van der Waals surface area contributed by atoms with Crippen LogP contribution in [0.1, 0.15) is 12.5 Å². The Bertz CT molecular complexity index is 934. The van der Waals surface area contributed by atoms with Crippen molar-refractivity contribution < 1.29 is 22.7 Å². The summed E-state index contributed by atoms with van der Waals surface area (Å²) in [7, 11) is 0. The smallest absolute Gasteiger partial charge is 0.405 e. The van der Waals surface area contributed by atoms with Crippen LogP contribution in [0.25, 0.3) is 0 Å². The normalized spacial score (nSPS) is 17.8. The molecule has 28 heavy (non-hydrogen) atoms. The Morgan fingerprint density at radius 2 is 2.04 bits per heavy atom. The van der Waals surface area contributed by atoms with E-state index in [4.69, 9.17) is 11.6 Å². The largest absolute Gasteiger partial charge is 0.573 e. The van der Waals surface area contributed by atoms with Gasteiger partial charge in [-0.1, -0.05) is 29.8 Å². The number of hydrogen-bond acceptors (Lipinski definition) is 5. The van der Waals surface area contributed by atoms with E-state index < -0.39 is 11.9 Å². The number of halogens is 4. The highest BCUT2D eigenvalue weighted by molar-refractivity contribution is 6.33. The van der Waals surface area contributed by atoms with E-state index in [1.54, 1.807) is 17.9 Å². The number of nitrogens with one attached hydrogen (secondary N) is 1. The zero-order chi connectivity index (χ0) is 20.5. The van der Waals surface area contributed by atoms with Crippen LogP contribution < -0.4 is 15.2 Å². The van der Waals surface area contributed by atoms with E-state index in [-0.39, 0.29) is 41.4 Å². The van der Waals surface area contributed by atoms with Crippen molar-refractivity contribution in [3.63, 3.8) is 0 Å². The molecule has 1 saturated heterocycles. The first kappa shape index (κ1) is 20.0. The van der Waals surface area contributed by atoms with Gasteiger partial charge in [-0.05, 0) is 13.0 Å². The maximum Gasteiger partial charge on any atom is 0.573 e. The summed E-state index contributed by atoms with van der Waals surface area (Å²) in [6, 6.07) is 5.33. The van der Waals surface area contributed by atoms with Crippen molar-refractivity contribution in [2.45, 2.75) is 25.9 Å². The number of aromatic amines is 1. The topological polar surface area (TPSA) is 78.5 Å². The molecule has 150 valence electrons. The fraction of sp³-hybridized carbons (Fsp3) is 0.353. The average Bonchev–Trinajstić information content (AvgIpc) is 2.60. The van der Waals surface area contributed by atoms with Crippen LogP contribution in [0.4, 0.5) is 18.9 Å². The second-order valence-electron chi connectivity index (χ2n) is 6.31. The number of carbonyl (C=O) groups is 1. The summed E-state index contributed by atoms with van der Waals surface area (Å²) >= 11 is 6.00. The molecular weight excluding hydrogens is 401 g/mol. The SMILES string of the molecule is CC1CN(c2cn[nH]c(=O)c2Cl)CC(=O)N1Cc1ccccc1OC(F)(F)F. The number of aromatic nitrogens is 2. The highest BCUT2D eigenvalue weighted by Crippen LogP contribution is 2.29. The molecule has 0 bridgehead atoms. The molecule has 0 radical (unpaired) electrons. The van der Waals surface area contributed by atoms with Crippen molar-refractivity contribution in [1.29, 1.82) is 0 Å². The van der Waals surface area contributed by atoms with E-state index in [0.29, 0.717) is 12.2 Å². The van der Waals surface area contributed by atoms with Crippen LogP contribution in [-0.2, 0) is 11.3 Å². The van der Waals surface area contributed by atoms with Crippen LogP contribution in [0.15, 0.2) is 35.3 Å². The zero-order valence-electron chi connectivity index (χ0n) is 14.7. The van der Waals surface area contributed by atoms with Crippen molar-refractivity contribution in [3.8, 4) is 5.75 Å². The van der Waals surface area contributed by atoms with E-state index in [1.165, 1.54) is 29.3 Å². The summed E-state index contributed by atoms with van der Waals surface area (Å²) in [6.07, 6.45) is -3.47. The van der Waals surface area contributed by atoms with Crippen LogP contribution in [0.2, 0.25) is 5.02 Å². The highest BCUT2D eigenvalue weighted by atomic mass is 35.5. The molecule has 0 saturated carbocycles. The highest BCUT2D eigenvalue weighted by Gasteiger charge is 2.34. The lowest BCUT2D eigenvalue weighted by Crippen LogP contribution is -2.55. The van der Waals surface area contributed by atoms with Crippen molar-refractivity contribution in [2.24, 2.45) is 0 Å². The molecule has 2 heterocycles. The second kappa shape index (κ2) is 7.70. The Kier molecular flexibility index (Phi) is 5.50. The Morgan fingerprint density at radius 3 is 2.71 bits per heavy atom. The van der Waals surface area contributed by atoms with Gasteiger partial charge in [0, 0.05) is 24.7 Å². The van der Waals surface area contributed by atoms with Crippen LogP contribution in [-0.4, -0.2) is 46.5 Å². The number of piperazine rings is 1. The maximum atomic E-state index is 12.7. The Labute approximate surface area is 162 Å². The predicted octanol–water partition coefficient (Wildman–Crippen LogP) is 2.56. The zero-order valence-corrected chi connectivity index (χ0v) is 15.4. The molecule has 1 N–H and O–H groups in total. The average molecular weight is 417 g/mol. The van der Waals surface area contributed by atoms with Crippen molar-refractivity contribution in [3.05, 3.63) is 51.4 Å². The number of ether oxygens (including phenoxy) is 1. The van der Waals surface area contributed by atoms with Gasteiger partial charge >= 0.3 is 6.36 Å². The van der Waals surface area contributed by atoms with Crippen molar-refractivity contribution >= 4 is 23.2 Å².